The lowest BCUT2D eigenvalue weighted by Crippen LogP contribution is -2.24. The van der Waals surface area contributed by atoms with Crippen LogP contribution in [-0.4, -0.2) is 23.4 Å². The zero-order valence-corrected chi connectivity index (χ0v) is 18.7. The number of carboxylic acids is 1. The van der Waals surface area contributed by atoms with Crippen molar-refractivity contribution in [2.24, 2.45) is 17.6 Å². The number of hydrogen-bond donors (Lipinski definition) is 2. The standard InChI is InChI=1S/C24H47NO3/c1-21(2)17-13-11-9-7-5-3-4-6-8-10-12-14-19-23(26)22(24(27)28)18-15-16-20-25/h21-22H,3-20,25H2,1-2H3,(H,27,28). The lowest BCUT2D eigenvalue weighted by Gasteiger charge is -2.11. The van der Waals surface area contributed by atoms with Crippen LogP contribution in [0.25, 0.3) is 0 Å². The first-order valence-electron chi connectivity index (χ1n) is 11.9. The van der Waals surface area contributed by atoms with Crippen molar-refractivity contribution in [3.8, 4) is 0 Å². The normalized spacial score (nSPS) is 12.4. The van der Waals surface area contributed by atoms with E-state index in [1.165, 1.54) is 64.2 Å². The fourth-order valence-corrected chi connectivity index (χ4v) is 3.71. The molecule has 0 aromatic heterocycles. The van der Waals surface area contributed by atoms with E-state index in [0.29, 0.717) is 19.4 Å². The molecule has 4 heteroatoms. The summed E-state index contributed by atoms with van der Waals surface area (Å²) in [4.78, 5) is 23.3. The Morgan fingerprint density at radius 1 is 0.679 bits per heavy atom. The Bertz CT molecular complexity index is 382. The van der Waals surface area contributed by atoms with E-state index in [1.54, 1.807) is 0 Å². The summed E-state index contributed by atoms with van der Waals surface area (Å²) in [6, 6.07) is 0. The molecule has 0 heterocycles. The molecule has 0 bridgehead atoms. The lowest BCUT2D eigenvalue weighted by molar-refractivity contribution is -0.146. The summed E-state index contributed by atoms with van der Waals surface area (Å²) < 4.78 is 0. The highest BCUT2D eigenvalue weighted by molar-refractivity contribution is 5.98. The van der Waals surface area contributed by atoms with Crippen LogP contribution >= 0.6 is 0 Å². The first-order valence-corrected chi connectivity index (χ1v) is 11.9. The molecule has 28 heavy (non-hydrogen) atoms. The molecular formula is C24H47NO3. The van der Waals surface area contributed by atoms with Gasteiger partial charge in [-0.1, -0.05) is 97.3 Å². The predicted octanol–water partition coefficient (Wildman–Crippen LogP) is 6.50. The molecule has 3 N–H and O–H groups in total. The van der Waals surface area contributed by atoms with Gasteiger partial charge < -0.3 is 10.8 Å². The Morgan fingerprint density at radius 2 is 1.11 bits per heavy atom. The molecule has 0 saturated heterocycles. The third-order valence-electron chi connectivity index (χ3n) is 5.59. The molecule has 0 aliphatic carbocycles. The van der Waals surface area contributed by atoms with Crippen molar-refractivity contribution in [2.75, 3.05) is 6.54 Å². The Balaban J connectivity index is 3.46. The topological polar surface area (TPSA) is 80.4 Å². The van der Waals surface area contributed by atoms with Crippen LogP contribution in [0.15, 0.2) is 0 Å². The predicted molar refractivity (Wildman–Crippen MR) is 119 cm³/mol. The minimum atomic E-state index is -0.970. The first kappa shape index (κ1) is 27.1. The van der Waals surface area contributed by atoms with E-state index < -0.39 is 11.9 Å². The second-order valence-corrected chi connectivity index (χ2v) is 8.82. The summed E-state index contributed by atoms with van der Waals surface area (Å²) in [6.45, 7) is 5.16. The summed E-state index contributed by atoms with van der Waals surface area (Å²) in [5.74, 6) is -1.05. The third kappa shape index (κ3) is 17.2. The highest BCUT2D eigenvalue weighted by atomic mass is 16.4. The Morgan fingerprint density at radius 3 is 1.54 bits per heavy atom. The number of hydrogen-bond acceptors (Lipinski definition) is 3. The number of carbonyl (C=O) groups is 2. The van der Waals surface area contributed by atoms with Crippen molar-refractivity contribution in [3.63, 3.8) is 0 Å². The number of Topliss-reactive ketones (excluding diaryl/α,β-unsaturated/α-hetero) is 1. The van der Waals surface area contributed by atoms with Gasteiger partial charge in [0.1, 0.15) is 11.7 Å². The maximum Gasteiger partial charge on any atom is 0.314 e. The molecule has 1 atom stereocenters. The van der Waals surface area contributed by atoms with E-state index in [0.717, 1.165) is 38.0 Å². The summed E-state index contributed by atoms with van der Waals surface area (Å²) in [5.41, 5.74) is 5.43. The molecule has 4 nitrogen and oxygen atoms in total. The molecule has 0 aromatic carbocycles. The maximum atomic E-state index is 12.1. The maximum absolute atomic E-state index is 12.1. The largest absolute Gasteiger partial charge is 0.481 e. The van der Waals surface area contributed by atoms with Crippen molar-refractivity contribution >= 4 is 11.8 Å². The van der Waals surface area contributed by atoms with E-state index >= 15 is 0 Å². The number of aliphatic carboxylic acids is 1. The van der Waals surface area contributed by atoms with Crippen molar-refractivity contribution in [2.45, 2.75) is 123 Å². The van der Waals surface area contributed by atoms with E-state index in [4.69, 9.17) is 5.73 Å². The van der Waals surface area contributed by atoms with Gasteiger partial charge in [0, 0.05) is 6.42 Å². The van der Waals surface area contributed by atoms with Gasteiger partial charge in [0.15, 0.2) is 0 Å². The van der Waals surface area contributed by atoms with Crippen LogP contribution < -0.4 is 5.73 Å². The minimum Gasteiger partial charge on any atom is -0.481 e. The van der Waals surface area contributed by atoms with Gasteiger partial charge in [-0.15, -0.1) is 0 Å². The number of carbonyl (C=O) groups excluding carboxylic acids is 1. The molecule has 0 saturated carbocycles. The summed E-state index contributed by atoms with van der Waals surface area (Å²) in [5, 5.41) is 9.22. The van der Waals surface area contributed by atoms with Gasteiger partial charge in [-0.25, -0.2) is 0 Å². The fourth-order valence-electron chi connectivity index (χ4n) is 3.71. The minimum absolute atomic E-state index is 0.0992. The molecular weight excluding hydrogens is 350 g/mol. The van der Waals surface area contributed by atoms with Gasteiger partial charge in [-0.05, 0) is 31.7 Å². The number of rotatable bonds is 21. The summed E-state index contributed by atoms with van der Waals surface area (Å²) in [6.07, 6.45) is 18.9. The first-order chi connectivity index (χ1) is 13.5. The third-order valence-corrected chi connectivity index (χ3v) is 5.59. The smallest absolute Gasteiger partial charge is 0.314 e. The Kier molecular flexibility index (Phi) is 18.8. The van der Waals surface area contributed by atoms with Crippen molar-refractivity contribution < 1.29 is 14.7 Å². The van der Waals surface area contributed by atoms with E-state index in [-0.39, 0.29) is 5.78 Å². The summed E-state index contributed by atoms with van der Waals surface area (Å²) in [7, 11) is 0. The number of ketones is 1. The van der Waals surface area contributed by atoms with Crippen LogP contribution in [0.1, 0.15) is 123 Å². The van der Waals surface area contributed by atoms with Crippen molar-refractivity contribution in [1.29, 1.82) is 0 Å². The molecule has 0 aromatic rings. The Hall–Kier alpha value is -0.900. The lowest BCUT2D eigenvalue weighted by atomic mass is 9.93. The van der Waals surface area contributed by atoms with Gasteiger partial charge in [-0.3, -0.25) is 9.59 Å². The van der Waals surface area contributed by atoms with Gasteiger partial charge >= 0.3 is 5.97 Å². The zero-order valence-electron chi connectivity index (χ0n) is 18.7. The molecule has 0 aliphatic rings. The summed E-state index contributed by atoms with van der Waals surface area (Å²) >= 11 is 0. The number of unbranched alkanes of at least 4 members (excludes halogenated alkanes) is 12. The monoisotopic (exact) mass is 397 g/mol. The highest BCUT2D eigenvalue weighted by Gasteiger charge is 2.24. The number of carboxylic acid groups (broad SMARTS) is 1. The van der Waals surface area contributed by atoms with Gasteiger partial charge in [0.05, 0.1) is 0 Å². The van der Waals surface area contributed by atoms with Crippen LogP contribution in [0.4, 0.5) is 0 Å². The molecule has 0 aliphatic heterocycles. The fraction of sp³-hybridized carbons (Fsp3) is 0.917. The van der Waals surface area contributed by atoms with Crippen LogP contribution in [0.5, 0.6) is 0 Å². The second-order valence-electron chi connectivity index (χ2n) is 8.82. The SMILES string of the molecule is CC(C)CCCCCCCCCCCCCCC(=O)C(CCCCN)C(=O)O. The van der Waals surface area contributed by atoms with E-state index in [2.05, 4.69) is 13.8 Å². The van der Waals surface area contributed by atoms with E-state index in [1.807, 2.05) is 0 Å². The molecule has 0 spiro atoms. The average molecular weight is 398 g/mol. The average Bonchev–Trinajstić information content (AvgIpc) is 2.64. The quantitative estimate of drug-likeness (QED) is 0.171. The highest BCUT2D eigenvalue weighted by Crippen LogP contribution is 2.17. The van der Waals surface area contributed by atoms with E-state index in [9.17, 15) is 14.7 Å². The molecule has 0 amide bonds. The van der Waals surface area contributed by atoms with Crippen LogP contribution in [0.3, 0.4) is 0 Å². The van der Waals surface area contributed by atoms with Gasteiger partial charge in [0.25, 0.3) is 0 Å². The van der Waals surface area contributed by atoms with Crippen LogP contribution in [0.2, 0.25) is 0 Å². The molecule has 0 rings (SSSR count). The van der Waals surface area contributed by atoms with Crippen LogP contribution in [-0.2, 0) is 9.59 Å². The van der Waals surface area contributed by atoms with Gasteiger partial charge in [0.2, 0.25) is 0 Å². The van der Waals surface area contributed by atoms with Crippen molar-refractivity contribution in [3.05, 3.63) is 0 Å². The molecule has 0 radical (unpaired) electrons. The Labute approximate surface area is 174 Å². The van der Waals surface area contributed by atoms with Crippen LogP contribution in [0, 0.1) is 11.8 Å². The number of nitrogens with two attached hydrogens (primary N) is 1. The molecule has 166 valence electrons. The molecule has 0 fully saturated rings. The molecule has 1 unspecified atom stereocenters. The van der Waals surface area contributed by atoms with Crippen molar-refractivity contribution in [1.82, 2.24) is 0 Å². The second kappa shape index (κ2) is 19.4. The zero-order chi connectivity index (χ0) is 21.0. The van der Waals surface area contributed by atoms with Gasteiger partial charge in [-0.2, -0.15) is 0 Å².